The average molecular weight is 270 g/mol. The summed E-state index contributed by atoms with van der Waals surface area (Å²) in [7, 11) is 1.60. The molecule has 0 aliphatic heterocycles. The van der Waals surface area contributed by atoms with Crippen molar-refractivity contribution in [1.82, 2.24) is 5.32 Å². The normalized spacial score (nSPS) is 9.85. The molecule has 0 heterocycles. The van der Waals surface area contributed by atoms with Crippen molar-refractivity contribution in [2.24, 2.45) is 0 Å². The van der Waals surface area contributed by atoms with Gasteiger partial charge in [-0.25, -0.2) is 4.79 Å². The van der Waals surface area contributed by atoms with Crippen LogP contribution in [-0.2, 0) is 6.42 Å². The zero-order chi connectivity index (χ0) is 14.2. The van der Waals surface area contributed by atoms with Crippen molar-refractivity contribution in [3.63, 3.8) is 0 Å². The Morgan fingerprint density at radius 3 is 2.65 bits per heavy atom. The van der Waals surface area contributed by atoms with Gasteiger partial charge < -0.3 is 15.4 Å². The minimum Gasteiger partial charge on any atom is -0.497 e. The predicted octanol–water partition coefficient (Wildman–Crippen LogP) is 3.06. The molecule has 2 rings (SSSR count). The van der Waals surface area contributed by atoms with Gasteiger partial charge in [0.15, 0.2) is 0 Å². The van der Waals surface area contributed by atoms with E-state index in [1.165, 1.54) is 5.56 Å². The van der Waals surface area contributed by atoms with E-state index in [1.807, 2.05) is 48.5 Å². The van der Waals surface area contributed by atoms with Crippen molar-refractivity contribution in [3.05, 3.63) is 60.2 Å². The van der Waals surface area contributed by atoms with Gasteiger partial charge >= 0.3 is 6.03 Å². The lowest BCUT2D eigenvalue weighted by Crippen LogP contribution is -2.30. The number of methoxy groups -OCH3 is 1. The summed E-state index contributed by atoms with van der Waals surface area (Å²) in [6.45, 7) is 0.597. The topological polar surface area (TPSA) is 50.4 Å². The number of hydrogen-bond donors (Lipinski definition) is 2. The van der Waals surface area contributed by atoms with E-state index < -0.39 is 0 Å². The Kier molecular flexibility index (Phi) is 5.00. The molecule has 0 aliphatic carbocycles. The molecule has 2 amide bonds. The van der Waals surface area contributed by atoms with Gasteiger partial charge in [-0.15, -0.1) is 0 Å². The van der Waals surface area contributed by atoms with E-state index in [4.69, 9.17) is 4.74 Å². The Balaban J connectivity index is 1.77. The molecule has 20 heavy (non-hydrogen) atoms. The molecule has 0 aromatic heterocycles. The van der Waals surface area contributed by atoms with Crippen LogP contribution < -0.4 is 15.4 Å². The summed E-state index contributed by atoms with van der Waals surface area (Å²) in [5.41, 5.74) is 1.91. The van der Waals surface area contributed by atoms with Gasteiger partial charge in [0.25, 0.3) is 0 Å². The first-order valence-corrected chi connectivity index (χ1v) is 6.51. The van der Waals surface area contributed by atoms with Gasteiger partial charge in [0, 0.05) is 18.3 Å². The summed E-state index contributed by atoms with van der Waals surface area (Å²) < 4.78 is 5.10. The number of benzene rings is 2. The van der Waals surface area contributed by atoms with Gasteiger partial charge in [-0.3, -0.25) is 0 Å². The van der Waals surface area contributed by atoms with Crippen molar-refractivity contribution < 1.29 is 9.53 Å². The van der Waals surface area contributed by atoms with E-state index >= 15 is 0 Å². The molecule has 0 radical (unpaired) electrons. The van der Waals surface area contributed by atoms with Gasteiger partial charge in [-0.05, 0) is 24.1 Å². The van der Waals surface area contributed by atoms with Crippen LogP contribution in [0.25, 0.3) is 0 Å². The van der Waals surface area contributed by atoms with Crippen LogP contribution in [0.4, 0.5) is 10.5 Å². The first-order chi connectivity index (χ1) is 9.78. The predicted molar refractivity (Wildman–Crippen MR) is 80.2 cm³/mol. The molecular weight excluding hydrogens is 252 g/mol. The maximum absolute atomic E-state index is 11.7. The van der Waals surface area contributed by atoms with Gasteiger partial charge in [-0.2, -0.15) is 0 Å². The van der Waals surface area contributed by atoms with Crippen LogP contribution >= 0.6 is 0 Å². The molecule has 0 fully saturated rings. The molecule has 0 atom stereocenters. The molecule has 2 N–H and O–H groups in total. The molecule has 0 spiro atoms. The molecule has 0 unspecified atom stereocenters. The summed E-state index contributed by atoms with van der Waals surface area (Å²) in [4.78, 5) is 11.7. The lowest BCUT2D eigenvalue weighted by atomic mass is 10.1. The van der Waals surface area contributed by atoms with Crippen LogP contribution in [-0.4, -0.2) is 19.7 Å². The molecule has 4 heteroatoms. The number of carbonyl (C=O) groups excluding carboxylic acids is 1. The third-order valence-corrected chi connectivity index (χ3v) is 2.87. The largest absolute Gasteiger partial charge is 0.497 e. The number of nitrogens with one attached hydrogen (secondary N) is 2. The third kappa shape index (κ3) is 4.31. The highest BCUT2D eigenvalue weighted by Gasteiger charge is 2.02. The van der Waals surface area contributed by atoms with Crippen molar-refractivity contribution in [2.75, 3.05) is 19.0 Å². The fourth-order valence-electron chi connectivity index (χ4n) is 1.84. The van der Waals surface area contributed by atoms with Crippen LogP contribution in [0.2, 0.25) is 0 Å². The van der Waals surface area contributed by atoms with Crippen molar-refractivity contribution in [3.8, 4) is 5.75 Å². The van der Waals surface area contributed by atoms with E-state index in [-0.39, 0.29) is 6.03 Å². The van der Waals surface area contributed by atoms with E-state index in [0.717, 1.165) is 6.42 Å². The number of amides is 2. The van der Waals surface area contributed by atoms with Crippen LogP contribution in [0.5, 0.6) is 5.75 Å². The average Bonchev–Trinajstić information content (AvgIpc) is 2.48. The first kappa shape index (κ1) is 13.9. The molecule has 0 saturated carbocycles. The van der Waals surface area contributed by atoms with Gasteiger partial charge in [0.2, 0.25) is 0 Å². The summed E-state index contributed by atoms with van der Waals surface area (Å²) in [6.07, 6.45) is 0.812. The molecule has 4 nitrogen and oxygen atoms in total. The van der Waals surface area contributed by atoms with E-state index in [1.54, 1.807) is 13.2 Å². The van der Waals surface area contributed by atoms with Crippen LogP contribution in [0.3, 0.4) is 0 Å². The summed E-state index contributed by atoms with van der Waals surface area (Å²) >= 11 is 0. The number of ether oxygens (including phenoxy) is 1. The highest BCUT2D eigenvalue weighted by molar-refractivity contribution is 5.89. The quantitative estimate of drug-likeness (QED) is 0.877. The highest BCUT2D eigenvalue weighted by atomic mass is 16.5. The lowest BCUT2D eigenvalue weighted by molar-refractivity contribution is 0.252. The van der Waals surface area contributed by atoms with E-state index in [0.29, 0.717) is 18.0 Å². The molecule has 104 valence electrons. The molecule has 0 bridgehead atoms. The Morgan fingerprint density at radius 2 is 1.90 bits per heavy atom. The Morgan fingerprint density at radius 1 is 1.10 bits per heavy atom. The fraction of sp³-hybridized carbons (Fsp3) is 0.188. The minimum absolute atomic E-state index is 0.214. The number of anilines is 1. The van der Waals surface area contributed by atoms with Gasteiger partial charge in [0.1, 0.15) is 5.75 Å². The third-order valence-electron chi connectivity index (χ3n) is 2.87. The van der Waals surface area contributed by atoms with E-state index in [2.05, 4.69) is 10.6 Å². The fourth-order valence-corrected chi connectivity index (χ4v) is 1.84. The molecule has 0 saturated heterocycles. The van der Waals surface area contributed by atoms with Crippen LogP contribution in [0, 0.1) is 0 Å². The van der Waals surface area contributed by atoms with Crippen molar-refractivity contribution >= 4 is 11.7 Å². The number of carbonyl (C=O) groups is 1. The van der Waals surface area contributed by atoms with Gasteiger partial charge in [-0.1, -0.05) is 36.4 Å². The Bertz CT molecular complexity index is 555. The number of hydrogen-bond acceptors (Lipinski definition) is 2. The second kappa shape index (κ2) is 7.19. The summed E-state index contributed by atoms with van der Waals surface area (Å²) in [5, 5.41) is 5.60. The van der Waals surface area contributed by atoms with Gasteiger partial charge in [0.05, 0.1) is 7.11 Å². The van der Waals surface area contributed by atoms with E-state index in [9.17, 15) is 4.79 Å². The first-order valence-electron chi connectivity index (χ1n) is 6.51. The maximum Gasteiger partial charge on any atom is 0.319 e. The summed E-state index contributed by atoms with van der Waals surface area (Å²) in [6, 6.07) is 17.1. The molecule has 2 aromatic rings. The second-order valence-corrected chi connectivity index (χ2v) is 4.35. The maximum atomic E-state index is 11.7. The smallest absolute Gasteiger partial charge is 0.319 e. The van der Waals surface area contributed by atoms with Crippen molar-refractivity contribution in [1.29, 1.82) is 0 Å². The zero-order valence-electron chi connectivity index (χ0n) is 11.4. The Labute approximate surface area is 118 Å². The molecular formula is C16H18N2O2. The SMILES string of the molecule is COc1cccc(NC(=O)NCCc2ccccc2)c1. The van der Waals surface area contributed by atoms with Crippen LogP contribution in [0.1, 0.15) is 5.56 Å². The molecule has 0 aliphatic rings. The minimum atomic E-state index is -0.214. The second-order valence-electron chi connectivity index (χ2n) is 4.35. The number of rotatable bonds is 5. The molecule has 2 aromatic carbocycles. The van der Waals surface area contributed by atoms with Crippen molar-refractivity contribution in [2.45, 2.75) is 6.42 Å². The lowest BCUT2D eigenvalue weighted by Gasteiger charge is -2.08. The summed E-state index contributed by atoms with van der Waals surface area (Å²) in [5.74, 6) is 0.715. The monoisotopic (exact) mass is 270 g/mol. The number of urea groups is 1. The Hall–Kier alpha value is -2.49. The zero-order valence-corrected chi connectivity index (χ0v) is 11.4. The standard InChI is InChI=1S/C16H18N2O2/c1-20-15-9-5-8-14(12-15)18-16(19)17-11-10-13-6-3-2-4-7-13/h2-9,12H,10-11H2,1H3,(H2,17,18,19). The highest BCUT2D eigenvalue weighted by Crippen LogP contribution is 2.16. The van der Waals surface area contributed by atoms with Crippen LogP contribution in [0.15, 0.2) is 54.6 Å².